The monoisotopic (exact) mass is 407 g/mol. The molecule has 31 heavy (non-hydrogen) atoms. The Morgan fingerprint density at radius 2 is 1.52 bits per heavy atom. The van der Waals surface area contributed by atoms with Crippen LogP contribution in [0, 0.1) is 0 Å². The normalized spacial score (nSPS) is 14.9. The topological polar surface area (TPSA) is 47.4 Å². The Hall–Kier alpha value is -3.86. The molecule has 152 valence electrons. The van der Waals surface area contributed by atoms with Crippen LogP contribution in [-0.4, -0.2) is 26.9 Å². The molecule has 0 spiro atoms. The fourth-order valence-corrected chi connectivity index (χ4v) is 4.67. The van der Waals surface area contributed by atoms with Gasteiger partial charge >= 0.3 is 0 Å². The Morgan fingerprint density at radius 1 is 0.871 bits per heavy atom. The Morgan fingerprint density at radius 3 is 2.23 bits per heavy atom. The summed E-state index contributed by atoms with van der Waals surface area (Å²) in [7, 11) is 0. The molecule has 0 N–H and O–H groups in total. The predicted molar refractivity (Wildman–Crippen MR) is 117 cm³/mol. The molecule has 0 aliphatic carbocycles. The lowest BCUT2D eigenvalue weighted by atomic mass is 9.86. The number of carbonyl (C=O) groups is 1. The highest BCUT2D eigenvalue weighted by atomic mass is 16.5. The number of hydrogen-bond donors (Lipinski definition) is 0. The van der Waals surface area contributed by atoms with Gasteiger partial charge in [-0.2, -0.15) is 0 Å². The second-order valence-electron chi connectivity index (χ2n) is 7.96. The van der Waals surface area contributed by atoms with Crippen molar-refractivity contribution in [2.45, 2.75) is 18.9 Å². The van der Waals surface area contributed by atoms with E-state index in [1.807, 2.05) is 78.0 Å². The molecule has 2 aliphatic heterocycles. The van der Waals surface area contributed by atoms with Crippen molar-refractivity contribution >= 4 is 5.91 Å². The van der Waals surface area contributed by atoms with Gasteiger partial charge in [0.05, 0.1) is 24.5 Å². The highest BCUT2D eigenvalue weighted by molar-refractivity contribution is 5.89. The van der Waals surface area contributed by atoms with Crippen LogP contribution in [0.5, 0.6) is 11.5 Å². The van der Waals surface area contributed by atoms with Gasteiger partial charge in [0.2, 0.25) is 5.91 Å². The first kappa shape index (κ1) is 18.0. The van der Waals surface area contributed by atoms with Gasteiger partial charge in [-0.1, -0.05) is 54.6 Å². The van der Waals surface area contributed by atoms with Gasteiger partial charge in [-0.25, -0.2) is 4.98 Å². The quantitative estimate of drug-likeness (QED) is 0.484. The van der Waals surface area contributed by atoms with Crippen LogP contribution in [0.1, 0.15) is 28.4 Å². The lowest BCUT2D eigenvalue weighted by Gasteiger charge is -2.34. The molecule has 0 bridgehead atoms. The lowest BCUT2D eigenvalue weighted by Crippen LogP contribution is -2.40. The van der Waals surface area contributed by atoms with Gasteiger partial charge in [0.1, 0.15) is 11.5 Å². The number of hydrogen-bond acceptors (Lipinski definition) is 3. The molecule has 0 fully saturated rings. The highest BCUT2D eigenvalue weighted by Crippen LogP contribution is 2.45. The summed E-state index contributed by atoms with van der Waals surface area (Å²) in [6, 6.07) is 25.9. The van der Waals surface area contributed by atoms with E-state index < -0.39 is 0 Å². The smallest absolute Gasteiger partial charge is 0.235 e. The molecular formula is C26H21N3O2. The van der Waals surface area contributed by atoms with Gasteiger partial charge in [-0.05, 0) is 24.3 Å². The molecule has 6 rings (SSSR count). The molecule has 0 atom stereocenters. The van der Waals surface area contributed by atoms with Crippen molar-refractivity contribution < 1.29 is 9.53 Å². The number of nitrogens with zero attached hydrogens (tertiary/aromatic N) is 3. The minimum Gasteiger partial charge on any atom is -0.457 e. The van der Waals surface area contributed by atoms with Gasteiger partial charge in [0.15, 0.2) is 0 Å². The van der Waals surface area contributed by atoms with Crippen molar-refractivity contribution in [3.63, 3.8) is 0 Å². The van der Waals surface area contributed by atoms with Crippen LogP contribution < -0.4 is 4.74 Å². The molecule has 4 aromatic rings. The molecule has 0 unspecified atom stereocenters. The maximum atomic E-state index is 13.8. The van der Waals surface area contributed by atoms with E-state index in [9.17, 15) is 4.79 Å². The van der Waals surface area contributed by atoms with Gasteiger partial charge in [-0.15, -0.1) is 0 Å². The summed E-state index contributed by atoms with van der Waals surface area (Å²) in [6.07, 6.45) is 2.65. The number of rotatable bonds is 2. The van der Waals surface area contributed by atoms with Crippen molar-refractivity contribution in [3.8, 4) is 17.2 Å². The van der Waals surface area contributed by atoms with E-state index in [1.165, 1.54) is 5.69 Å². The van der Waals surface area contributed by atoms with Crippen molar-refractivity contribution in [2.24, 2.45) is 0 Å². The summed E-state index contributed by atoms with van der Waals surface area (Å²) in [5.41, 5.74) is 5.10. The van der Waals surface area contributed by atoms with E-state index in [-0.39, 0.29) is 11.8 Å². The molecule has 3 heterocycles. The number of para-hydroxylation sites is 3. The zero-order valence-corrected chi connectivity index (χ0v) is 16.9. The number of aromatic nitrogens is 2. The second-order valence-corrected chi connectivity index (χ2v) is 7.96. The summed E-state index contributed by atoms with van der Waals surface area (Å²) in [4.78, 5) is 20.4. The zero-order chi connectivity index (χ0) is 20.8. The van der Waals surface area contributed by atoms with Crippen LogP contribution in [0.25, 0.3) is 5.69 Å². The molecule has 5 nitrogen and oxygen atoms in total. The van der Waals surface area contributed by atoms with Gasteiger partial charge in [0, 0.05) is 35.5 Å². The van der Waals surface area contributed by atoms with E-state index in [4.69, 9.17) is 4.74 Å². The largest absolute Gasteiger partial charge is 0.457 e. The number of carbonyl (C=O) groups excluding carboxylic acids is 1. The van der Waals surface area contributed by atoms with Crippen LogP contribution in [-0.2, 0) is 17.8 Å². The third-order valence-electron chi connectivity index (χ3n) is 6.19. The van der Waals surface area contributed by atoms with E-state index in [0.717, 1.165) is 40.4 Å². The van der Waals surface area contributed by atoms with Crippen molar-refractivity contribution in [1.29, 1.82) is 0 Å². The number of benzene rings is 3. The van der Waals surface area contributed by atoms with Crippen LogP contribution in [0.15, 0.2) is 85.2 Å². The van der Waals surface area contributed by atoms with Crippen LogP contribution in [0.2, 0.25) is 0 Å². The number of amides is 1. The lowest BCUT2D eigenvalue weighted by molar-refractivity contribution is -0.133. The maximum Gasteiger partial charge on any atom is 0.235 e. The van der Waals surface area contributed by atoms with E-state index in [0.29, 0.717) is 13.1 Å². The first-order chi connectivity index (χ1) is 15.3. The van der Waals surface area contributed by atoms with Crippen LogP contribution in [0.4, 0.5) is 0 Å². The van der Waals surface area contributed by atoms with Crippen molar-refractivity contribution in [2.75, 3.05) is 6.54 Å². The zero-order valence-electron chi connectivity index (χ0n) is 16.9. The molecule has 5 heteroatoms. The fourth-order valence-electron chi connectivity index (χ4n) is 4.67. The van der Waals surface area contributed by atoms with E-state index in [1.54, 1.807) is 0 Å². The molecule has 0 radical (unpaired) electrons. The summed E-state index contributed by atoms with van der Waals surface area (Å²) < 4.78 is 8.20. The first-order valence-corrected chi connectivity index (χ1v) is 10.5. The SMILES string of the molecule is O=C(C1c2ccccc2Oc2ccccc21)N1CCc2c(ncn2-c2ccccc2)C1. The van der Waals surface area contributed by atoms with Gasteiger partial charge in [0.25, 0.3) is 0 Å². The van der Waals surface area contributed by atoms with Crippen LogP contribution >= 0.6 is 0 Å². The third-order valence-corrected chi connectivity index (χ3v) is 6.19. The molecule has 3 aromatic carbocycles. The fraction of sp³-hybridized carbons (Fsp3) is 0.154. The van der Waals surface area contributed by atoms with Gasteiger partial charge < -0.3 is 14.2 Å². The average Bonchev–Trinajstić information content (AvgIpc) is 3.26. The first-order valence-electron chi connectivity index (χ1n) is 10.5. The maximum absolute atomic E-state index is 13.8. The standard InChI is InChI=1S/C26H21N3O2/c30-26(25-19-10-4-6-12-23(19)31-24-13-7-5-11-20(24)25)28-15-14-22-21(16-28)27-17-29(22)18-8-2-1-3-9-18/h1-13,17,25H,14-16H2. The molecule has 0 saturated heterocycles. The summed E-state index contributed by atoms with van der Waals surface area (Å²) in [6.45, 7) is 1.20. The molecule has 2 aliphatic rings. The minimum absolute atomic E-state index is 0.100. The van der Waals surface area contributed by atoms with Crippen LogP contribution in [0.3, 0.4) is 0 Å². The van der Waals surface area contributed by atoms with E-state index >= 15 is 0 Å². The Bertz CT molecular complexity index is 1230. The Kier molecular flexibility index (Phi) is 4.13. The minimum atomic E-state index is -0.362. The third kappa shape index (κ3) is 2.93. The van der Waals surface area contributed by atoms with Gasteiger partial charge in [-0.3, -0.25) is 4.79 Å². The number of imidazole rings is 1. The summed E-state index contributed by atoms with van der Waals surface area (Å²) >= 11 is 0. The number of fused-ring (bicyclic) bond motifs is 3. The highest BCUT2D eigenvalue weighted by Gasteiger charge is 2.36. The average molecular weight is 407 g/mol. The number of ether oxygens (including phenoxy) is 1. The second kappa shape index (κ2) is 7.13. The Labute approximate surface area is 180 Å². The predicted octanol–water partition coefficient (Wildman–Crippen LogP) is 4.69. The van der Waals surface area contributed by atoms with E-state index in [2.05, 4.69) is 21.7 Å². The summed E-state index contributed by atoms with van der Waals surface area (Å²) in [5, 5.41) is 0. The summed E-state index contributed by atoms with van der Waals surface area (Å²) in [5.74, 6) is 1.25. The molecular weight excluding hydrogens is 386 g/mol. The molecule has 1 aromatic heterocycles. The van der Waals surface area contributed by atoms with Crippen molar-refractivity contribution in [3.05, 3.63) is 108 Å². The molecule has 1 amide bonds. The van der Waals surface area contributed by atoms with Crippen molar-refractivity contribution in [1.82, 2.24) is 14.5 Å². The Balaban J connectivity index is 1.34. The molecule has 0 saturated carbocycles.